The van der Waals surface area contributed by atoms with Crippen molar-refractivity contribution in [2.75, 3.05) is 19.7 Å². The van der Waals surface area contributed by atoms with Gasteiger partial charge in [0.2, 0.25) is 11.8 Å². The number of hydrogen-bond donors (Lipinski definition) is 1. The van der Waals surface area contributed by atoms with E-state index in [0.717, 1.165) is 24.0 Å². The van der Waals surface area contributed by atoms with Gasteiger partial charge in [0.25, 0.3) is 0 Å². The Morgan fingerprint density at radius 1 is 1.10 bits per heavy atom. The largest absolute Gasteiger partial charge is 0.394 e. The van der Waals surface area contributed by atoms with Crippen LogP contribution in [0.3, 0.4) is 0 Å². The molecule has 3 fully saturated rings. The number of pyridine rings is 1. The van der Waals surface area contributed by atoms with Crippen LogP contribution in [0.2, 0.25) is 0 Å². The van der Waals surface area contributed by atoms with Crippen LogP contribution in [0.4, 0.5) is 0 Å². The Balaban J connectivity index is 1.38. The fourth-order valence-corrected chi connectivity index (χ4v) is 5.12. The van der Waals surface area contributed by atoms with E-state index >= 15 is 0 Å². The molecule has 1 N–H and O–H groups in total. The van der Waals surface area contributed by atoms with Crippen LogP contribution in [0.5, 0.6) is 0 Å². The lowest BCUT2D eigenvalue weighted by atomic mass is 9.60. The van der Waals surface area contributed by atoms with E-state index in [0.29, 0.717) is 19.5 Å². The highest BCUT2D eigenvalue weighted by Gasteiger charge is 2.68. The molecule has 6 nitrogen and oxygen atoms in total. The first kappa shape index (κ1) is 18.3. The van der Waals surface area contributed by atoms with E-state index in [-0.39, 0.29) is 41.8 Å². The van der Waals surface area contributed by atoms with Crippen molar-refractivity contribution >= 4 is 11.8 Å². The molecule has 2 aromatic rings. The van der Waals surface area contributed by atoms with E-state index in [4.69, 9.17) is 0 Å². The highest BCUT2D eigenvalue weighted by molar-refractivity contribution is 5.86. The maximum absolute atomic E-state index is 13.0. The zero-order valence-corrected chi connectivity index (χ0v) is 16.3. The average Bonchev–Trinajstić information content (AvgIpc) is 3.53. The van der Waals surface area contributed by atoms with Gasteiger partial charge in [-0.1, -0.05) is 36.4 Å². The van der Waals surface area contributed by atoms with Crippen molar-refractivity contribution in [3.8, 4) is 0 Å². The third-order valence-electron chi connectivity index (χ3n) is 6.65. The van der Waals surface area contributed by atoms with Gasteiger partial charge in [-0.25, -0.2) is 0 Å². The van der Waals surface area contributed by atoms with Gasteiger partial charge in [0, 0.05) is 37.3 Å². The minimum atomic E-state index is -0.390. The van der Waals surface area contributed by atoms with Crippen molar-refractivity contribution in [2.45, 2.75) is 36.8 Å². The zero-order chi connectivity index (χ0) is 20.0. The fourth-order valence-electron chi connectivity index (χ4n) is 5.12. The second kappa shape index (κ2) is 6.95. The Morgan fingerprint density at radius 2 is 1.86 bits per heavy atom. The third kappa shape index (κ3) is 2.94. The van der Waals surface area contributed by atoms with E-state index < -0.39 is 0 Å². The topological polar surface area (TPSA) is 73.7 Å². The Bertz CT molecular complexity index is 907. The molecule has 1 saturated carbocycles. The van der Waals surface area contributed by atoms with E-state index in [9.17, 15) is 14.7 Å². The average molecular weight is 391 g/mol. The number of carbonyl (C=O) groups is 2. The van der Waals surface area contributed by atoms with Crippen molar-refractivity contribution in [1.29, 1.82) is 0 Å². The first-order valence-corrected chi connectivity index (χ1v) is 10.3. The number of likely N-dealkylation sites (tertiary alicyclic amines) is 2. The van der Waals surface area contributed by atoms with Crippen LogP contribution in [0.25, 0.3) is 0 Å². The van der Waals surface area contributed by atoms with Crippen LogP contribution >= 0.6 is 0 Å². The maximum Gasteiger partial charge on any atom is 0.227 e. The van der Waals surface area contributed by atoms with Gasteiger partial charge in [-0.15, -0.1) is 0 Å². The number of amides is 2. The summed E-state index contributed by atoms with van der Waals surface area (Å²) in [5.41, 5.74) is 1.63. The van der Waals surface area contributed by atoms with Crippen molar-refractivity contribution in [3.05, 3.63) is 66.0 Å². The zero-order valence-electron chi connectivity index (χ0n) is 16.3. The Hall–Kier alpha value is -2.73. The van der Waals surface area contributed by atoms with Gasteiger partial charge in [0.1, 0.15) is 0 Å². The van der Waals surface area contributed by atoms with Crippen molar-refractivity contribution < 1.29 is 14.7 Å². The number of rotatable bonds is 5. The highest BCUT2D eigenvalue weighted by Crippen LogP contribution is 2.55. The number of nitrogens with zero attached hydrogens (tertiary/aromatic N) is 3. The summed E-state index contributed by atoms with van der Waals surface area (Å²) in [7, 11) is 0. The Morgan fingerprint density at radius 3 is 2.48 bits per heavy atom. The maximum atomic E-state index is 13.0. The molecule has 3 heterocycles. The molecule has 1 aromatic heterocycles. The fraction of sp³-hybridized carbons (Fsp3) is 0.435. The smallest absolute Gasteiger partial charge is 0.227 e. The van der Waals surface area contributed by atoms with Crippen molar-refractivity contribution in [3.63, 3.8) is 0 Å². The molecule has 1 aliphatic carbocycles. The molecular formula is C23H25N3O3. The molecule has 5 rings (SSSR count). The third-order valence-corrected chi connectivity index (χ3v) is 6.65. The summed E-state index contributed by atoms with van der Waals surface area (Å²) in [5.74, 6) is 0.355. The number of hydrogen-bond acceptors (Lipinski definition) is 4. The SMILES string of the molecule is O=C(Cc1cccnc1)N1CC2(C1)[C@H](c1ccccc1)[C@@H](CO)N2C(=O)C1CC1. The van der Waals surface area contributed by atoms with E-state index in [1.165, 1.54) is 0 Å². The van der Waals surface area contributed by atoms with Crippen LogP contribution in [0, 0.1) is 5.92 Å². The molecule has 0 radical (unpaired) electrons. The molecule has 0 bridgehead atoms. The summed E-state index contributed by atoms with van der Waals surface area (Å²) in [4.78, 5) is 33.6. The molecular weight excluding hydrogens is 366 g/mol. The van der Waals surface area contributed by atoms with Crippen molar-refractivity contribution in [1.82, 2.24) is 14.8 Å². The van der Waals surface area contributed by atoms with Crippen LogP contribution < -0.4 is 0 Å². The molecule has 0 unspecified atom stereocenters. The van der Waals surface area contributed by atoms with Crippen LogP contribution in [0.1, 0.15) is 29.9 Å². The predicted octanol–water partition coefficient (Wildman–Crippen LogP) is 1.60. The second-order valence-corrected chi connectivity index (χ2v) is 8.51. The molecule has 6 heteroatoms. The van der Waals surface area contributed by atoms with Gasteiger partial charge in [-0.05, 0) is 30.0 Å². The molecule has 2 aliphatic heterocycles. The number of aliphatic hydroxyl groups is 1. The quantitative estimate of drug-likeness (QED) is 0.840. The second-order valence-electron chi connectivity index (χ2n) is 8.51. The van der Waals surface area contributed by atoms with Gasteiger partial charge in [0.15, 0.2) is 0 Å². The summed E-state index contributed by atoms with van der Waals surface area (Å²) in [6, 6.07) is 13.6. The predicted molar refractivity (Wildman–Crippen MR) is 107 cm³/mol. The summed E-state index contributed by atoms with van der Waals surface area (Å²) in [6.45, 7) is 1.00. The molecule has 3 aliphatic rings. The van der Waals surface area contributed by atoms with Crippen molar-refractivity contribution in [2.24, 2.45) is 5.92 Å². The minimum Gasteiger partial charge on any atom is -0.394 e. The van der Waals surface area contributed by atoms with Gasteiger partial charge in [0.05, 0.1) is 24.6 Å². The normalized spacial score (nSPS) is 24.7. The van der Waals surface area contributed by atoms with E-state index in [1.54, 1.807) is 12.4 Å². The first-order valence-electron chi connectivity index (χ1n) is 10.3. The number of benzene rings is 1. The number of aliphatic hydroxyl groups excluding tert-OH is 1. The summed E-state index contributed by atoms with van der Waals surface area (Å²) in [5, 5.41) is 10.1. The molecule has 29 heavy (non-hydrogen) atoms. The van der Waals surface area contributed by atoms with Gasteiger partial charge in [-0.2, -0.15) is 0 Å². The number of carbonyl (C=O) groups excluding carboxylic acids is 2. The lowest BCUT2D eigenvalue weighted by Gasteiger charge is -2.70. The molecule has 2 amide bonds. The molecule has 2 saturated heterocycles. The molecule has 1 aromatic carbocycles. The first-order chi connectivity index (χ1) is 14.1. The molecule has 2 atom stereocenters. The summed E-state index contributed by atoms with van der Waals surface area (Å²) in [6.07, 6.45) is 5.60. The van der Waals surface area contributed by atoms with Gasteiger partial charge in [-0.3, -0.25) is 14.6 Å². The van der Waals surface area contributed by atoms with E-state index in [2.05, 4.69) is 17.1 Å². The van der Waals surface area contributed by atoms with Crippen LogP contribution in [0.15, 0.2) is 54.9 Å². The minimum absolute atomic E-state index is 0.0522. The standard InChI is InChI=1S/C23H25N3O3/c27-13-19-21(17-6-2-1-3-7-17)23(26(19)22(29)18-8-9-18)14-25(15-23)20(28)11-16-5-4-10-24-12-16/h1-7,10,12,18-19,21,27H,8-9,11,13-15H2/t19-,21-/m1/s1. The van der Waals surface area contributed by atoms with Gasteiger partial charge < -0.3 is 14.9 Å². The van der Waals surface area contributed by atoms with Crippen LogP contribution in [-0.2, 0) is 16.0 Å². The van der Waals surface area contributed by atoms with E-state index in [1.807, 2.05) is 40.1 Å². The summed E-state index contributed by atoms with van der Waals surface area (Å²) < 4.78 is 0. The highest BCUT2D eigenvalue weighted by atomic mass is 16.3. The lowest BCUT2D eigenvalue weighted by Crippen LogP contribution is -2.86. The Labute approximate surface area is 170 Å². The monoisotopic (exact) mass is 391 g/mol. The molecule has 1 spiro atoms. The Kier molecular flexibility index (Phi) is 4.39. The number of aromatic nitrogens is 1. The van der Waals surface area contributed by atoms with Crippen LogP contribution in [-0.4, -0.2) is 63.0 Å². The van der Waals surface area contributed by atoms with Gasteiger partial charge >= 0.3 is 0 Å². The summed E-state index contributed by atoms with van der Waals surface area (Å²) >= 11 is 0. The lowest BCUT2D eigenvalue weighted by molar-refractivity contribution is -0.203. The molecule has 150 valence electrons.